The van der Waals surface area contributed by atoms with Gasteiger partial charge in [-0.1, -0.05) is 6.92 Å². The van der Waals surface area contributed by atoms with Crippen LogP contribution >= 0.6 is 11.3 Å². The molecule has 3 aliphatic rings. The molecular formula is C24H33N3O3S. The van der Waals surface area contributed by atoms with E-state index in [1.54, 1.807) is 11.3 Å². The molecule has 168 valence electrons. The molecule has 6 nitrogen and oxygen atoms in total. The highest BCUT2D eigenvalue weighted by molar-refractivity contribution is 7.19. The molecule has 7 heteroatoms. The SMILES string of the molecule is CC[C@]1(N2CCOCC2)CC[C@H](Oc2ccnc3sc4c(c23)[C@@H](CC(N)=O)CC4)CC1. The molecule has 1 saturated carbocycles. The number of carbonyl (C=O) groups is 1. The van der Waals surface area contributed by atoms with Gasteiger partial charge in [0.1, 0.15) is 10.6 Å². The number of morpholine rings is 1. The molecular weight excluding hydrogens is 410 g/mol. The Morgan fingerprint density at radius 1 is 1.32 bits per heavy atom. The third-order valence-electron chi connectivity index (χ3n) is 7.74. The van der Waals surface area contributed by atoms with Gasteiger partial charge in [-0.05, 0) is 62.5 Å². The molecule has 0 radical (unpaired) electrons. The summed E-state index contributed by atoms with van der Waals surface area (Å²) in [6, 6.07) is 2.01. The van der Waals surface area contributed by atoms with Crippen LogP contribution in [0, 0.1) is 0 Å². The lowest BCUT2D eigenvalue weighted by Crippen LogP contribution is -2.55. The summed E-state index contributed by atoms with van der Waals surface area (Å²) >= 11 is 1.75. The predicted octanol–water partition coefficient (Wildman–Crippen LogP) is 4.00. The molecule has 5 rings (SSSR count). The smallest absolute Gasteiger partial charge is 0.218 e. The zero-order chi connectivity index (χ0) is 21.4. The number of ether oxygens (including phenoxy) is 2. The fraction of sp³-hybridized carbons (Fsp3) is 0.667. The lowest BCUT2D eigenvalue weighted by Gasteiger charge is -2.49. The topological polar surface area (TPSA) is 77.7 Å². The highest BCUT2D eigenvalue weighted by atomic mass is 32.1. The first kappa shape index (κ1) is 21.2. The molecule has 1 amide bonds. The van der Waals surface area contributed by atoms with Gasteiger partial charge < -0.3 is 15.2 Å². The molecule has 1 atom stereocenters. The normalized spacial score (nSPS) is 29.2. The molecule has 3 heterocycles. The average molecular weight is 444 g/mol. The molecule has 2 fully saturated rings. The lowest BCUT2D eigenvalue weighted by atomic mass is 9.77. The third-order valence-corrected chi connectivity index (χ3v) is 8.91. The standard InChI is InChI=1S/C24H33N3O3S/c1-2-24(27-11-13-29-14-12-27)8-5-17(6-9-24)30-18-7-10-26-23-22(18)21-16(15-20(25)28)3-4-19(21)31-23/h7,10,16-17H,2-6,8-9,11-15H2,1H3,(H2,25,28)/t16-,17-,24-/m1/s1. The van der Waals surface area contributed by atoms with Crippen LogP contribution in [0.5, 0.6) is 5.75 Å². The maximum atomic E-state index is 11.6. The van der Waals surface area contributed by atoms with Crippen molar-refractivity contribution in [2.24, 2.45) is 5.73 Å². The number of carbonyl (C=O) groups excluding carboxylic acids is 1. The van der Waals surface area contributed by atoms with Crippen molar-refractivity contribution >= 4 is 27.5 Å². The van der Waals surface area contributed by atoms with Crippen molar-refractivity contribution in [3.05, 3.63) is 22.7 Å². The average Bonchev–Trinajstić information content (AvgIpc) is 3.35. The van der Waals surface area contributed by atoms with Crippen LogP contribution < -0.4 is 10.5 Å². The van der Waals surface area contributed by atoms with Gasteiger partial charge in [0.25, 0.3) is 0 Å². The van der Waals surface area contributed by atoms with Gasteiger partial charge >= 0.3 is 0 Å². The van der Waals surface area contributed by atoms with Crippen LogP contribution in [-0.4, -0.2) is 53.7 Å². The number of aryl methyl sites for hydroxylation is 1. The summed E-state index contributed by atoms with van der Waals surface area (Å²) in [4.78, 5) is 21.3. The maximum absolute atomic E-state index is 11.6. The Bertz CT molecular complexity index is 945. The number of amides is 1. The van der Waals surface area contributed by atoms with E-state index in [0.717, 1.165) is 68.0 Å². The van der Waals surface area contributed by atoms with Gasteiger partial charge in [-0.15, -0.1) is 11.3 Å². The van der Waals surface area contributed by atoms with E-state index in [4.69, 9.17) is 15.2 Å². The quantitative estimate of drug-likeness (QED) is 0.730. The van der Waals surface area contributed by atoms with Gasteiger partial charge in [-0.2, -0.15) is 0 Å². The summed E-state index contributed by atoms with van der Waals surface area (Å²) in [5.74, 6) is 0.919. The van der Waals surface area contributed by atoms with E-state index in [1.165, 1.54) is 29.7 Å². The molecule has 2 aromatic rings. The Hall–Kier alpha value is -1.70. The Balaban J connectivity index is 1.34. The van der Waals surface area contributed by atoms with Gasteiger partial charge in [0, 0.05) is 36.1 Å². The first-order valence-electron chi connectivity index (χ1n) is 11.8. The summed E-state index contributed by atoms with van der Waals surface area (Å²) in [5, 5.41) is 1.13. The van der Waals surface area contributed by atoms with Crippen molar-refractivity contribution in [3.8, 4) is 5.75 Å². The van der Waals surface area contributed by atoms with Gasteiger partial charge in [0.15, 0.2) is 0 Å². The molecule has 1 saturated heterocycles. The van der Waals surface area contributed by atoms with Crippen molar-refractivity contribution in [2.75, 3.05) is 26.3 Å². The van der Waals surface area contributed by atoms with E-state index in [-0.39, 0.29) is 17.9 Å². The van der Waals surface area contributed by atoms with Gasteiger partial charge in [0.2, 0.25) is 5.91 Å². The van der Waals surface area contributed by atoms with E-state index >= 15 is 0 Å². The van der Waals surface area contributed by atoms with Crippen molar-refractivity contribution in [1.29, 1.82) is 0 Å². The molecule has 2 aromatic heterocycles. The number of fused-ring (bicyclic) bond motifs is 3. The molecule has 31 heavy (non-hydrogen) atoms. The molecule has 2 aliphatic carbocycles. The van der Waals surface area contributed by atoms with Crippen molar-refractivity contribution in [1.82, 2.24) is 9.88 Å². The highest BCUT2D eigenvalue weighted by Gasteiger charge is 2.40. The van der Waals surface area contributed by atoms with E-state index in [2.05, 4.69) is 16.8 Å². The number of nitrogens with zero attached hydrogens (tertiary/aromatic N) is 2. The summed E-state index contributed by atoms with van der Waals surface area (Å²) in [6.07, 6.45) is 10.2. The minimum atomic E-state index is -0.227. The fourth-order valence-corrected chi connectivity index (χ4v) is 7.29. The Morgan fingerprint density at radius 2 is 2.10 bits per heavy atom. The summed E-state index contributed by atoms with van der Waals surface area (Å²) < 4.78 is 12.2. The lowest BCUT2D eigenvalue weighted by molar-refractivity contribution is -0.118. The van der Waals surface area contributed by atoms with Crippen molar-refractivity contribution < 1.29 is 14.3 Å². The van der Waals surface area contributed by atoms with Crippen LogP contribution in [0.3, 0.4) is 0 Å². The van der Waals surface area contributed by atoms with Crippen LogP contribution in [0.25, 0.3) is 10.2 Å². The van der Waals surface area contributed by atoms with Gasteiger partial charge in [-0.25, -0.2) is 4.98 Å². The zero-order valence-electron chi connectivity index (χ0n) is 18.4. The Kier molecular flexibility index (Phi) is 5.92. The first-order chi connectivity index (χ1) is 15.1. The highest BCUT2D eigenvalue weighted by Crippen LogP contribution is 2.48. The monoisotopic (exact) mass is 443 g/mol. The number of primary amides is 1. The van der Waals surface area contributed by atoms with Crippen molar-refractivity contribution in [3.63, 3.8) is 0 Å². The van der Waals surface area contributed by atoms with E-state index in [0.29, 0.717) is 12.0 Å². The van der Waals surface area contributed by atoms with Crippen LogP contribution in [-0.2, 0) is 16.0 Å². The number of hydrogen-bond donors (Lipinski definition) is 1. The largest absolute Gasteiger partial charge is 0.490 e. The maximum Gasteiger partial charge on any atom is 0.218 e. The van der Waals surface area contributed by atoms with Gasteiger partial charge in [-0.3, -0.25) is 9.69 Å². The molecule has 1 aliphatic heterocycles. The first-order valence-corrected chi connectivity index (χ1v) is 12.6. The summed E-state index contributed by atoms with van der Waals surface area (Å²) in [7, 11) is 0. The van der Waals surface area contributed by atoms with E-state index < -0.39 is 0 Å². The Morgan fingerprint density at radius 3 is 2.81 bits per heavy atom. The minimum absolute atomic E-state index is 0.202. The van der Waals surface area contributed by atoms with Crippen molar-refractivity contribution in [2.45, 2.75) is 75.9 Å². The molecule has 0 spiro atoms. The van der Waals surface area contributed by atoms with E-state index in [9.17, 15) is 4.79 Å². The molecule has 2 N–H and O–H groups in total. The second-order valence-corrected chi connectivity index (χ2v) is 10.4. The number of pyridine rings is 1. The zero-order valence-corrected chi connectivity index (χ0v) is 19.2. The number of nitrogens with two attached hydrogens (primary N) is 1. The van der Waals surface area contributed by atoms with Crippen LogP contribution in [0.2, 0.25) is 0 Å². The second kappa shape index (κ2) is 8.68. The predicted molar refractivity (Wildman–Crippen MR) is 123 cm³/mol. The van der Waals surface area contributed by atoms with Crippen LogP contribution in [0.1, 0.15) is 68.2 Å². The number of thiophene rings is 1. The molecule has 0 unspecified atom stereocenters. The summed E-state index contributed by atoms with van der Waals surface area (Å²) in [5.41, 5.74) is 7.11. The molecule has 0 bridgehead atoms. The minimum Gasteiger partial charge on any atom is -0.490 e. The second-order valence-electron chi connectivity index (χ2n) is 9.33. The molecule has 0 aromatic carbocycles. The Labute approximate surface area is 188 Å². The van der Waals surface area contributed by atoms with E-state index in [1.807, 2.05) is 12.3 Å². The van der Waals surface area contributed by atoms with Gasteiger partial charge in [0.05, 0.1) is 24.7 Å². The van der Waals surface area contributed by atoms with Crippen LogP contribution in [0.4, 0.5) is 0 Å². The fourth-order valence-electron chi connectivity index (χ4n) is 6.03. The summed E-state index contributed by atoms with van der Waals surface area (Å²) in [6.45, 7) is 6.13. The number of rotatable bonds is 6. The number of hydrogen-bond acceptors (Lipinski definition) is 6. The third kappa shape index (κ3) is 3.96. The van der Waals surface area contributed by atoms with Crippen LogP contribution in [0.15, 0.2) is 12.3 Å². The number of aromatic nitrogens is 1.